The first-order valence-electron chi connectivity index (χ1n) is 10.7. The van der Waals surface area contributed by atoms with Gasteiger partial charge in [-0.05, 0) is 62.6 Å². The van der Waals surface area contributed by atoms with E-state index in [0.29, 0.717) is 16.8 Å². The molecule has 1 aliphatic heterocycles. The predicted octanol–water partition coefficient (Wildman–Crippen LogP) is 3.04. The maximum absolute atomic E-state index is 13.3. The van der Waals surface area contributed by atoms with Crippen molar-refractivity contribution >= 4 is 27.3 Å². The van der Waals surface area contributed by atoms with Gasteiger partial charge >= 0.3 is 0 Å². The lowest BCUT2D eigenvalue weighted by molar-refractivity contribution is 0.0939. The van der Waals surface area contributed by atoms with E-state index >= 15 is 0 Å². The average molecular weight is 445 g/mol. The average Bonchev–Trinajstić information content (AvgIpc) is 2.75. The normalized spacial score (nSPS) is 15.4. The van der Waals surface area contributed by atoms with Crippen LogP contribution in [-0.4, -0.2) is 46.5 Å². The van der Waals surface area contributed by atoms with Crippen molar-refractivity contribution < 1.29 is 13.2 Å². The molecule has 0 unspecified atom stereocenters. The van der Waals surface area contributed by atoms with Crippen molar-refractivity contribution in [3.8, 4) is 0 Å². The number of nitrogens with zero attached hydrogens (tertiary/aromatic N) is 1. The van der Waals surface area contributed by atoms with E-state index in [0.717, 1.165) is 43.9 Å². The number of aryl methyl sites for hydroxylation is 2. The third-order valence-electron chi connectivity index (χ3n) is 5.58. The van der Waals surface area contributed by atoms with E-state index in [2.05, 4.69) is 20.3 Å². The number of hydrogen-bond acceptors (Lipinski definition) is 5. The molecule has 2 aromatic carbocycles. The molecular formula is C23H32N4O3S. The van der Waals surface area contributed by atoms with Crippen LogP contribution in [0.1, 0.15) is 41.8 Å². The monoisotopic (exact) mass is 444 g/mol. The molecule has 0 spiro atoms. The second kappa shape index (κ2) is 9.70. The van der Waals surface area contributed by atoms with Gasteiger partial charge in [-0.3, -0.25) is 9.52 Å². The maximum Gasteiger partial charge on any atom is 0.262 e. The van der Waals surface area contributed by atoms with Crippen LogP contribution in [0.2, 0.25) is 0 Å². The summed E-state index contributed by atoms with van der Waals surface area (Å²) in [5.74, 6) is -0.214. The molecule has 0 bridgehead atoms. The fourth-order valence-corrected chi connectivity index (χ4v) is 4.94. The van der Waals surface area contributed by atoms with E-state index in [1.54, 1.807) is 31.2 Å². The molecule has 1 aliphatic rings. The molecule has 31 heavy (non-hydrogen) atoms. The number of rotatable bonds is 7. The van der Waals surface area contributed by atoms with E-state index in [9.17, 15) is 13.2 Å². The minimum absolute atomic E-state index is 0.0374. The first kappa shape index (κ1) is 23.1. The van der Waals surface area contributed by atoms with Crippen molar-refractivity contribution in [1.29, 1.82) is 0 Å². The van der Waals surface area contributed by atoms with E-state index < -0.39 is 10.0 Å². The first-order chi connectivity index (χ1) is 14.7. The number of sulfonamides is 1. The third kappa shape index (κ3) is 5.57. The van der Waals surface area contributed by atoms with Crippen LogP contribution in [0.3, 0.4) is 0 Å². The molecule has 1 fully saturated rings. The molecule has 0 aromatic heterocycles. The Morgan fingerprint density at radius 3 is 2.52 bits per heavy atom. The van der Waals surface area contributed by atoms with Crippen molar-refractivity contribution in [1.82, 2.24) is 10.6 Å². The molecule has 3 N–H and O–H groups in total. The van der Waals surface area contributed by atoms with Crippen LogP contribution in [0.5, 0.6) is 0 Å². The van der Waals surface area contributed by atoms with Crippen molar-refractivity contribution in [2.24, 2.45) is 0 Å². The number of benzene rings is 2. The van der Waals surface area contributed by atoms with E-state index in [4.69, 9.17) is 0 Å². The minimum atomic E-state index is -3.82. The molecule has 0 aliphatic carbocycles. The number of anilines is 2. The van der Waals surface area contributed by atoms with Crippen molar-refractivity contribution in [3.05, 3.63) is 53.1 Å². The summed E-state index contributed by atoms with van der Waals surface area (Å²) in [7, 11) is -3.82. The highest BCUT2D eigenvalue weighted by molar-refractivity contribution is 7.92. The number of carbonyl (C=O) groups excluding carboxylic acids is 1. The first-order valence-corrected chi connectivity index (χ1v) is 12.2. The van der Waals surface area contributed by atoms with Gasteiger partial charge in [0, 0.05) is 37.8 Å². The van der Waals surface area contributed by atoms with Crippen molar-refractivity contribution in [2.75, 3.05) is 35.8 Å². The predicted molar refractivity (Wildman–Crippen MR) is 125 cm³/mol. The molecule has 2 aromatic rings. The van der Waals surface area contributed by atoms with Gasteiger partial charge in [0.15, 0.2) is 0 Å². The highest BCUT2D eigenvalue weighted by atomic mass is 32.2. The van der Waals surface area contributed by atoms with E-state index in [1.807, 2.05) is 32.9 Å². The Morgan fingerprint density at radius 1 is 1.13 bits per heavy atom. The SMILES string of the molecule is CC[C@@H](C)NC(=O)c1ccc(N2CCNCC2)c(NS(=O)(=O)c2cc(C)ccc2C)c1. The highest BCUT2D eigenvalue weighted by Gasteiger charge is 2.23. The molecular weight excluding hydrogens is 412 g/mol. The molecule has 168 valence electrons. The quantitative estimate of drug-likeness (QED) is 0.611. The second-order valence-corrected chi connectivity index (χ2v) is 9.78. The largest absolute Gasteiger partial charge is 0.367 e. The minimum Gasteiger partial charge on any atom is -0.367 e. The van der Waals surface area contributed by atoms with Gasteiger partial charge in [0.25, 0.3) is 15.9 Å². The lowest BCUT2D eigenvalue weighted by Gasteiger charge is -2.31. The molecule has 8 heteroatoms. The van der Waals surface area contributed by atoms with Crippen LogP contribution in [-0.2, 0) is 10.0 Å². The highest BCUT2D eigenvalue weighted by Crippen LogP contribution is 2.31. The van der Waals surface area contributed by atoms with Crippen LogP contribution in [0.4, 0.5) is 11.4 Å². The molecule has 1 amide bonds. The number of nitrogens with one attached hydrogen (secondary N) is 3. The fourth-order valence-electron chi connectivity index (χ4n) is 3.55. The Balaban J connectivity index is 2.01. The Kier molecular flexibility index (Phi) is 7.23. The van der Waals surface area contributed by atoms with Crippen LogP contribution < -0.4 is 20.3 Å². The van der Waals surface area contributed by atoms with Crippen molar-refractivity contribution in [3.63, 3.8) is 0 Å². The van der Waals surface area contributed by atoms with Crippen LogP contribution >= 0.6 is 0 Å². The van der Waals surface area contributed by atoms with Gasteiger partial charge in [-0.2, -0.15) is 0 Å². The number of piperazine rings is 1. The summed E-state index contributed by atoms with van der Waals surface area (Å²) < 4.78 is 29.3. The van der Waals surface area contributed by atoms with Gasteiger partial charge < -0.3 is 15.5 Å². The van der Waals surface area contributed by atoms with Gasteiger partial charge in [-0.25, -0.2) is 8.42 Å². The Bertz CT molecular complexity index is 1050. The van der Waals surface area contributed by atoms with Crippen LogP contribution in [0, 0.1) is 13.8 Å². The third-order valence-corrected chi connectivity index (χ3v) is 7.09. The van der Waals surface area contributed by atoms with Crippen molar-refractivity contribution in [2.45, 2.75) is 45.1 Å². The summed E-state index contributed by atoms with van der Waals surface area (Å²) >= 11 is 0. The van der Waals surface area contributed by atoms with Crippen LogP contribution in [0.15, 0.2) is 41.3 Å². The van der Waals surface area contributed by atoms with E-state index in [-0.39, 0.29) is 16.8 Å². The Labute approximate surface area is 185 Å². The molecule has 1 saturated heterocycles. The van der Waals surface area contributed by atoms with Gasteiger partial charge in [0.1, 0.15) is 0 Å². The smallest absolute Gasteiger partial charge is 0.262 e. The summed E-state index contributed by atoms with van der Waals surface area (Å²) in [6.45, 7) is 10.7. The second-order valence-electron chi connectivity index (χ2n) is 8.13. The summed E-state index contributed by atoms with van der Waals surface area (Å²) in [4.78, 5) is 15.1. The van der Waals surface area contributed by atoms with Gasteiger partial charge in [0.2, 0.25) is 0 Å². The molecule has 1 heterocycles. The molecule has 0 saturated carbocycles. The zero-order valence-electron chi connectivity index (χ0n) is 18.7. The fraction of sp³-hybridized carbons (Fsp3) is 0.435. The molecule has 7 nitrogen and oxygen atoms in total. The maximum atomic E-state index is 13.3. The van der Waals surface area contributed by atoms with E-state index in [1.165, 1.54) is 0 Å². The number of amides is 1. The lowest BCUT2D eigenvalue weighted by Crippen LogP contribution is -2.43. The summed E-state index contributed by atoms with van der Waals surface area (Å²) in [5, 5.41) is 6.25. The molecule has 1 atom stereocenters. The molecule has 0 radical (unpaired) electrons. The van der Waals surface area contributed by atoms with Crippen LogP contribution in [0.25, 0.3) is 0 Å². The number of hydrogen-bond donors (Lipinski definition) is 3. The zero-order valence-corrected chi connectivity index (χ0v) is 19.5. The van der Waals surface area contributed by atoms with Gasteiger partial charge in [-0.15, -0.1) is 0 Å². The summed E-state index contributed by atoms with van der Waals surface area (Å²) in [6, 6.07) is 10.6. The Morgan fingerprint density at radius 2 is 1.84 bits per heavy atom. The summed E-state index contributed by atoms with van der Waals surface area (Å²) in [5.41, 5.74) is 3.16. The van der Waals surface area contributed by atoms with Gasteiger partial charge in [-0.1, -0.05) is 19.1 Å². The topological polar surface area (TPSA) is 90.5 Å². The van der Waals surface area contributed by atoms with Gasteiger partial charge in [0.05, 0.1) is 16.3 Å². The Hall–Kier alpha value is -2.58. The lowest BCUT2D eigenvalue weighted by atomic mass is 10.1. The zero-order chi connectivity index (χ0) is 22.6. The summed E-state index contributed by atoms with van der Waals surface area (Å²) in [6.07, 6.45) is 0.816. The molecule has 3 rings (SSSR count). The number of carbonyl (C=O) groups is 1. The standard InChI is InChI=1S/C23H32N4O3S/c1-5-18(4)25-23(28)19-8-9-21(27-12-10-24-11-13-27)20(15-19)26-31(29,30)22-14-16(2)6-7-17(22)3/h6-9,14-15,18,24,26H,5,10-13H2,1-4H3,(H,25,28)/t18-/m1/s1.